The zero-order valence-electron chi connectivity index (χ0n) is 8.18. The topological polar surface area (TPSA) is 62.8 Å². The molecule has 82 valence electrons. The maximum atomic E-state index is 11.6. The van der Waals surface area contributed by atoms with E-state index in [-0.39, 0.29) is 16.6 Å². The second kappa shape index (κ2) is 4.49. The van der Waals surface area contributed by atoms with Crippen molar-refractivity contribution in [1.82, 2.24) is 0 Å². The van der Waals surface area contributed by atoms with Gasteiger partial charge in [0.2, 0.25) is 0 Å². The van der Waals surface area contributed by atoms with Crippen molar-refractivity contribution in [2.24, 2.45) is 5.16 Å². The van der Waals surface area contributed by atoms with Crippen LogP contribution in [0.5, 0.6) is 0 Å². The molecule has 0 unspecified atom stereocenters. The van der Waals surface area contributed by atoms with Gasteiger partial charge >= 0.3 is 5.63 Å². The van der Waals surface area contributed by atoms with Crippen LogP contribution in [0.25, 0.3) is 11.0 Å². The van der Waals surface area contributed by atoms with Gasteiger partial charge in [-0.25, -0.2) is 4.79 Å². The summed E-state index contributed by atoms with van der Waals surface area (Å²) in [5, 5.41) is 12.9. The van der Waals surface area contributed by atoms with Gasteiger partial charge < -0.3 is 9.62 Å². The Morgan fingerprint density at radius 1 is 1.44 bits per heavy atom. The Balaban J connectivity index is 2.72. The number of fused-ring (bicyclic) bond motifs is 1. The van der Waals surface area contributed by atoms with Crippen molar-refractivity contribution in [1.29, 1.82) is 0 Å². The van der Waals surface area contributed by atoms with E-state index in [9.17, 15) is 4.79 Å². The van der Waals surface area contributed by atoms with Gasteiger partial charge in [-0.1, -0.05) is 39.3 Å². The van der Waals surface area contributed by atoms with Crippen molar-refractivity contribution in [3.8, 4) is 0 Å². The maximum Gasteiger partial charge on any atom is 0.345 e. The maximum absolute atomic E-state index is 11.6. The first-order valence-corrected chi connectivity index (χ1v) is 5.68. The van der Waals surface area contributed by atoms with E-state index in [1.54, 1.807) is 18.2 Å². The van der Waals surface area contributed by atoms with Gasteiger partial charge in [0.25, 0.3) is 0 Å². The van der Waals surface area contributed by atoms with Gasteiger partial charge in [0.05, 0.1) is 5.56 Å². The zero-order chi connectivity index (χ0) is 11.5. The molecular weight excluding hydrogens is 274 g/mol. The first-order valence-electron chi connectivity index (χ1n) is 4.56. The van der Waals surface area contributed by atoms with Crippen molar-refractivity contribution in [2.45, 2.75) is 0 Å². The van der Waals surface area contributed by atoms with Crippen molar-refractivity contribution >= 4 is 32.6 Å². The van der Waals surface area contributed by atoms with Crippen LogP contribution in [0, 0.1) is 0 Å². The number of halogens is 1. The molecule has 0 atom stereocenters. The van der Waals surface area contributed by atoms with Crippen LogP contribution >= 0.6 is 15.9 Å². The van der Waals surface area contributed by atoms with Crippen LogP contribution in [-0.4, -0.2) is 16.2 Å². The number of rotatable bonds is 2. The fraction of sp³-hybridized carbons (Fsp3) is 0.0909. The standard InChI is InChI=1S/C11H8BrNO3/c12-6-9(13-15)8-5-7-3-1-2-4-10(7)16-11(8)14/h1-5,15H,6H2. The van der Waals surface area contributed by atoms with Crippen LogP contribution in [0.2, 0.25) is 0 Å². The molecule has 0 fully saturated rings. The average Bonchev–Trinajstić information content (AvgIpc) is 2.31. The largest absolute Gasteiger partial charge is 0.422 e. The predicted molar refractivity (Wildman–Crippen MR) is 64.6 cm³/mol. The molecule has 4 nitrogen and oxygen atoms in total. The molecule has 1 aromatic heterocycles. The van der Waals surface area contributed by atoms with Crippen molar-refractivity contribution in [2.75, 3.05) is 5.33 Å². The molecule has 0 amide bonds. The third-order valence-electron chi connectivity index (χ3n) is 2.20. The van der Waals surface area contributed by atoms with Crippen molar-refractivity contribution < 1.29 is 9.62 Å². The highest BCUT2D eigenvalue weighted by atomic mass is 79.9. The quantitative estimate of drug-likeness (QED) is 0.302. The van der Waals surface area contributed by atoms with Gasteiger partial charge in [-0.2, -0.15) is 0 Å². The summed E-state index contributed by atoms with van der Waals surface area (Å²) in [7, 11) is 0. The Labute approximate surface area is 99.3 Å². The summed E-state index contributed by atoms with van der Waals surface area (Å²) in [6, 6.07) is 8.82. The molecule has 2 aromatic rings. The molecule has 0 bridgehead atoms. The highest BCUT2D eigenvalue weighted by molar-refractivity contribution is 9.09. The van der Waals surface area contributed by atoms with Crippen LogP contribution in [0.4, 0.5) is 0 Å². The van der Waals surface area contributed by atoms with E-state index in [4.69, 9.17) is 9.62 Å². The number of hydrogen-bond donors (Lipinski definition) is 1. The van der Waals surface area contributed by atoms with Gasteiger partial charge in [0.1, 0.15) is 11.3 Å². The second-order valence-electron chi connectivity index (χ2n) is 3.17. The van der Waals surface area contributed by atoms with E-state index in [0.717, 1.165) is 5.39 Å². The van der Waals surface area contributed by atoms with E-state index in [1.807, 2.05) is 12.1 Å². The highest BCUT2D eigenvalue weighted by Gasteiger charge is 2.10. The van der Waals surface area contributed by atoms with Crippen molar-refractivity contribution in [3.63, 3.8) is 0 Å². The lowest BCUT2D eigenvalue weighted by atomic mass is 10.1. The molecule has 1 heterocycles. The summed E-state index contributed by atoms with van der Waals surface area (Å²) in [4.78, 5) is 11.6. The van der Waals surface area contributed by atoms with Crippen LogP contribution in [0.1, 0.15) is 5.56 Å². The van der Waals surface area contributed by atoms with Gasteiger partial charge in [-0.15, -0.1) is 0 Å². The van der Waals surface area contributed by atoms with Gasteiger partial charge in [0, 0.05) is 10.7 Å². The van der Waals surface area contributed by atoms with E-state index < -0.39 is 5.63 Å². The molecule has 0 saturated carbocycles. The van der Waals surface area contributed by atoms with Gasteiger partial charge in [-0.3, -0.25) is 0 Å². The fourth-order valence-corrected chi connectivity index (χ4v) is 1.83. The third-order valence-corrected chi connectivity index (χ3v) is 2.73. The molecular formula is C11H8BrNO3. The summed E-state index contributed by atoms with van der Waals surface area (Å²) in [6.45, 7) is 0. The molecule has 16 heavy (non-hydrogen) atoms. The molecule has 0 aliphatic heterocycles. The Morgan fingerprint density at radius 2 is 2.19 bits per heavy atom. The van der Waals surface area contributed by atoms with Gasteiger partial charge in [-0.05, 0) is 12.1 Å². The summed E-state index contributed by atoms with van der Waals surface area (Å²) in [6.07, 6.45) is 0. The van der Waals surface area contributed by atoms with Crippen LogP contribution < -0.4 is 5.63 Å². The van der Waals surface area contributed by atoms with E-state index in [2.05, 4.69) is 21.1 Å². The smallest absolute Gasteiger partial charge is 0.345 e. The summed E-state index contributed by atoms with van der Waals surface area (Å²) in [5.74, 6) is 0. The first kappa shape index (κ1) is 10.9. The monoisotopic (exact) mass is 281 g/mol. The van der Waals surface area contributed by atoms with Crippen LogP contribution in [0.15, 0.2) is 44.7 Å². The van der Waals surface area contributed by atoms with Crippen molar-refractivity contribution in [3.05, 3.63) is 46.3 Å². The minimum Gasteiger partial charge on any atom is -0.422 e. The number of benzene rings is 1. The van der Waals surface area contributed by atoms with Gasteiger partial charge in [0.15, 0.2) is 0 Å². The Bertz CT molecular complexity index is 603. The lowest BCUT2D eigenvalue weighted by molar-refractivity contribution is 0.319. The van der Waals surface area contributed by atoms with E-state index in [0.29, 0.717) is 5.58 Å². The molecule has 0 aliphatic rings. The first-order chi connectivity index (χ1) is 7.76. The second-order valence-corrected chi connectivity index (χ2v) is 3.73. The average molecular weight is 282 g/mol. The lowest BCUT2D eigenvalue weighted by Gasteiger charge is -2.01. The molecule has 0 saturated heterocycles. The molecule has 1 N–H and O–H groups in total. The zero-order valence-corrected chi connectivity index (χ0v) is 9.77. The lowest BCUT2D eigenvalue weighted by Crippen LogP contribution is -2.15. The minimum atomic E-state index is -0.508. The Kier molecular flexibility index (Phi) is 3.05. The van der Waals surface area contributed by atoms with Crippen LogP contribution in [0.3, 0.4) is 0 Å². The Hall–Kier alpha value is -1.62. The predicted octanol–water partition coefficient (Wildman–Crippen LogP) is 2.37. The number of alkyl halides is 1. The van der Waals surface area contributed by atoms with E-state index in [1.165, 1.54) is 0 Å². The summed E-state index contributed by atoms with van der Waals surface area (Å²) < 4.78 is 5.11. The molecule has 1 aromatic carbocycles. The molecule has 0 aliphatic carbocycles. The number of para-hydroxylation sites is 1. The summed E-state index contributed by atoms with van der Waals surface area (Å²) >= 11 is 3.14. The number of oxime groups is 1. The molecule has 0 spiro atoms. The van der Waals surface area contributed by atoms with E-state index >= 15 is 0 Å². The third kappa shape index (κ3) is 1.86. The minimum absolute atomic E-state index is 0.250. The number of nitrogens with zero attached hydrogens (tertiary/aromatic N) is 1. The summed E-state index contributed by atoms with van der Waals surface area (Å²) in [5.41, 5.74) is 0.520. The SMILES string of the molecule is O=c1oc2ccccc2cc1C(CBr)=NO. The fourth-order valence-electron chi connectivity index (χ4n) is 1.42. The number of hydrogen-bond acceptors (Lipinski definition) is 4. The normalized spacial score (nSPS) is 11.9. The Morgan fingerprint density at radius 3 is 2.88 bits per heavy atom. The molecule has 0 radical (unpaired) electrons. The highest BCUT2D eigenvalue weighted by Crippen LogP contribution is 2.13. The van der Waals surface area contributed by atoms with Crippen LogP contribution in [-0.2, 0) is 0 Å². The molecule has 5 heteroatoms. The molecule has 2 rings (SSSR count).